The van der Waals surface area contributed by atoms with Crippen molar-refractivity contribution in [1.82, 2.24) is 8.61 Å². The SMILES string of the molecule is CCOc1ccc(S(=O)(=O)N2CCN(c3ccccc3F)CC2)cc1S(=O)(=O)N1CCN(c2ccccc2F)CC1. The molecule has 0 N–H and O–H groups in total. The molecule has 0 aliphatic carbocycles. The minimum atomic E-state index is -4.14. The molecule has 0 amide bonds. The van der Waals surface area contributed by atoms with Crippen LogP contribution in [0.5, 0.6) is 5.75 Å². The fourth-order valence-corrected chi connectivity index (χ4v) is 8.27. The molecular formula is C28H32F2N4O5S2. The van der Waals surface area contributed by atoms with E-state index < -0.39 is 20.0 Å². The Morgan fingerprint density at radius 1 is 0.659 bits per heavy atom. The number of ether oxygens (including phenoxy) is 1. The molecule has 0 bridgehead atoms. The number of benzene rings is 3. The van der Waals surface area contributed by atoms with Gasteiger partial charge in [-0.05, 0) is 49.4 Å². The Morgan fingerprint density at radius 2 is 1.12 bits per heavy atom. The molecule has 2 saturated heterocycles. The maximum absolute atomic E-state index is 14.3. The lowest BCUT2D eigenvalue weighted by molar-refractivity contribution is 0.326. The highest BCUT2D eigenvalue weighted by atomic mass is 32.2. The fraction of sp³-hybridized carbons (Fsp3) is 0.357. The van der Waals surface area contributed by atoms with Crippen LogP contribution in [0.25, 0.3) is 0 Å². The van der Waals surface area contributed by atoms with Gasteiger partial charge in [0.1, 0.15) is 22.3 Å². The highest BCUT2D eigenvalue weighted by Gasteiger charge is 2.35. The van der Waals surface area contributed by atoms with Gasteiger partial charge in [-0.15, -0.1) is 0 Å². The summed E-state index contributed by atoms with van der Waals surface area (Å²) in [7, 11) is -8.19. The number of piperazine rings is 2. The zero-order valence-corrected chi connectivity index (χ0v) is 24.3. The maximum atomic E-state index is 14.3. The maximum Gasteiger partial charge on any atom is 0.246 e. The van der Waals surface area contributed by atoms with Gasteiger partial charge in [-0.2, -0.15) is 8.61 Å². The van der Waals surface area contributed by atoms with Crippen molar-refractivity contribution in [3.63, 3.8) is 0 Å². The van der Waals surface area contributed by atoms with E-state index in [1.807, 2.05) is 0 Å². The minimum absolute atomic E-state index is 0.0624. The number of sulfonamides is 2. The molecule has 0 atom stereocenters. The molecule has 0 aromatic heterocycles. The Hall–Kier alpha value is -3.26. The van der Waals surface area contributed by atoms with Crippen LogP contribution in [0, 0.1) is 11.6 Å². The van der Waals surface area contributed by atoms with Gasteiger partial charge in [0.15, 0.2) is 0 Å². The van der Waals surface area contributed by atoms with Crippen molar-refractivity contribution in [2.45, 2.75) is 16.7 Å². The number of para-hydroxylation sites is 2. The molecule has 0 unspecified atom stereocenters. The topological polar surface area (TPSA) is 90.5 Å². The first-order valence-corrected chi connectivity index (χ1v) is 16.3. The monoisotopic (exact) mass is 606 g/mol. The summed E-state index contributed by atoms with van der Waals surface area (Å²) in [6.45, 7) is 3.44. The van der Waals surface area contributed by atoms with Crippen LogP contribution in [0.2, 0.25) is 0 Å². The van der Waals surface area contributed by atoms with Gasteiger partial charge in [0.05, 0.1) is 22.9 Å². The smallest absolute Gasteiger partial charge is 0.246 e. The van der Waals surface area contributed by atoms with Gasteiger partial charge in [0.25, 0.3) is 0 Å². The Bertz CT molecular complexity index is 1610. The summed E-state index contributed by atoms with van der Waals surface area (Å²) in [5.41, 5.74) is 0.817. The minimum Gasteiger partial charge on any atom is -0.492 e. The summed E-state index contributed by atoms with van der Waals surface area (Å²) >= 11 is 0. The van der Waals surface area contributed by atoms with Gasteiger partial charge in [-0.25, -0.2) is 25.6 Å². The first kappa shape index (κ1) is 29.2. The van der Waals surface area contributed by atoms with Crippen molar-refractivity contribution in [2.75, 3.05) is 68.8 Å². The van der Waals surface area contributed by atoms with Crippen LogP contribution in [0.4, 0.5) is 20.2 Å². The molecular weight excluding hydrogens is 574 g/mol. The predicted octanol–water partition coefficient (Wildman–Crippen LogP) is 3.39. The van der Waals surface area contributed by atoms with E-state index in [2.05, 4.69) is 0 Å². The molecule has 220 valence electrons. The zero-order chi connectivity index (χ0) is 29.2. The molecule has 2 aliphatic heterocycles. The second-order valence-electron chi connectivity index (χ2n) is 9.73. The molecule has 2 fully saturated rings. The molecule has 3 aromatic carbocycles. The van der Waals surface area contributed by atoms with E-state index in [4.69, 9.17) is 4.74 Å². The van der Waals surface area contributed by atoms with E-state index in [-0.39, 0.29) is 86.1 Å². The first-order chi connectivity index (χ1) is 19.6. The van der Waals surface area contributed by atoms with E-state index in [0.29, 0.717) is 11.4 Å². The van der Waals surface area contributed by atoms with Gasteiger partial charge in [-0.3, -0.25) is 0 Å². The molecule has 5 rings (SSSR count). The Balaban J connectivity index is 1.36. The third-order valence-electron chi connectivity index (χ3n) is 7.33. The summed E-state index contributed by atoms with van der Waals surface area (Å²) in [6.07, 6.45) is 0. The number of hydrogen-bond acceptors (Lipinski definition) is 7. The van der Waals surface area contributed by atoms with Crippen molar-refractivity contribution < 1.29 is 30.4 Å². The summed E-state index contributed by atoms with van der Waals surface area (Å²) in [5, 5.41) is 0. The molecule has 41 heavy (non-hydrogen) atoms. The molecule has 2 heterocycles. The van der Waals surface area contributed by atoms with Gasteiger partial charge >= 0.3 is 0 Å². The molecule has 9 nitrogen and oxygen atoms in total. The van der Waals surface area contributed by atoms with Crippen molar-refractivity contribution in [3.8, 4) is 5.75 Å². The van der Waals surface area contributed by atoms with Crippen LogP contribution in [-0.4, -0.2) is 84.4 Å². The van der Waals surface area contributed by atoms with E-state index in [9.17, 15) is 25.6 Å². The van der Waals surface area contributed by atoms with Crippen LogP contribution in [0.1, 0.15) is 6.92 Å². The average Bonchev–Trinajstić information content (AvgIpc) is 2.98. The second-order valence-corrected chi connectivity index (χ2v) is 13.6. The molecule has 13 heteroatoms. The average molecular weight is 607 g/mol. The largest absolute Gasteiger partial charge is 0.492 e. The van der Waals surface area contributed by atoms with Crippen LogP contribution < -0.4 is 14.5 Å². The summed E-state index contributed by atoms with van der Waals surface area (Å²) in [6, 6.07) is 16.5. The molecule has 0 spiro atoms. The normalized spacial score (nSPS) is 17.5. The molecule has 3 aromatic rings. The number of anilines is 2. The van der Waals surface area contributed by atoms with Gasteiger partial charge in [0, 0.05) is 52.4 Å². The van der Waals surface area contributed by atoms with E-state index in [0.717, 1.165) is 6.07 Å². The van der Waals surface area contributed by atoms with Crippen LogP contribution >= 0.6 is 0 Å². The lowest BCUT2D eigenvalue weighted by Crippen LogP contribution is -2.49. The lowest BCUT2D eigenvalue weighted by Gasteiger charge is -2.36. The Kier molecular flexibility index (Phi) is 8.50. The van der Waals surface area contributed by atoms with Crippen LogP contribution in [0.15, 0.2) is 76.5 Å². The Morgan fingerprint density at radius 3 is 1.59 bits per heavy atom. The number of rotatable bonds is 8. The fourth-order valence-electron chi connectivity index (χ4n) is 5.17. The molecule has 2 aliphatic rings. The van der Waals surface area contributed by atoms with Crippen molar-refractivity contribution in [1.29, 1.82) is 0 Å². The second kappa shape index (κ2) is 11.9. The van der Waals surface area contributed by atoms with Crippen LogP contribution in [0.3, 0.4) is 0 Å². The van der Waals surface area contributed by atoms with Gasteiger partial charge in [0.2, 0.25) is 20.0 Å². The Labute approximate surface area is 239 Å². The number of halogens is 2. The number of hydrogen-bond donors (Lipinski definition) is 0. The van der Waals surface area contributed by atoms with Crippen molar-refractivity contribution in [3.05, 3.63) is 78.4 Å². The first-order valence-electron chi connectivity index (χ1n) is 13.4. The van der Waals surface area contributed by atoms with E-state index in [1.54, 1.807) is 53.1 Å². The molecule has 0 radical (unpaired) electrons. The summed E-state index contributed by atoms with van der Waals surface area (Å²) in [4.78, 5) is 3.18. The summed E-state index contributed by atoms with van der Waals surface area (Å²) < 4.78 is 91.4. The summed E-state index contributed by atoms with van der Waals surface area (Å²) in [5.74, 6) is -0.692. The third-order valence-corrected chi connectivity index (χ3v) is 11.1. The quantitative estimate of drug-likeness (QED) is 0.389. The highest BCUT2D eigenvalue weighted by Crippen LogP contribution is 2.33. The lowest BCUT2D eigenvalue weighted by atomic mass is 10.2. The van der Waals surface area contributed by atoms with E-state index in [1.165, 1.54) is 32.9 Å². The van der Waals surface area contributed by atoms with Crippen molar-refractivity contribution in [2.24, 2.45) is 0 Å². The number of nitrogens with zero attached hydrogens (tertiary/aromatic N) is 4. The van der Waals surface area contributed by atoms with Gasteiger partial charge < -0.3 is 14.5 Å². The standard InChI is InChI=1S/C28H32F2N4O5S2/c1-2-39-27-12-11-22(40(35,36)33-17-13-31(14-18-33)25-9-5-3-7-23(25)29)21-28(27)41(37,38)34-19-15-32(16-20-34)26-10-6-4-8-24(26)30/h3-12,21H,2,13-20H2,1H3. The van der Waals surface area contributed by atoms with Crippen LogP contribution in [-0.2, 0) is 20.0 Å². The predicted molar refractivity (Wildman–Crippen MR) is 152 cm³/mol. The van der Waals surface area contributed by atoms with Crippen molar-refractivity contribution >= 4 is 31.4 Å². The highest BCUT2D eigenvalue weighted by molar-refractivity contribution is 7.90. The van der Waals surface area contributed by atoms with Gasteiger partial charge in [-0.1, -0.05) is 24.3 Å². The third kappa shape index (κ3) is 5.89. The van der Waals surface area contributed by atoms with E-state index >= 15 is 0 Å². The molecule has 0 saturated carbocycles. The zero-order valence-electron chi connectivity index (χ0n) is 22.6.